The number of ether oxygens (including phenoxy) is 1. The van der Waals surface area contributed by atoms with Crippen molar-refractivity contribution in [1.82, 2.24) is 5.32 Å². The molecule has 7 nitrogen and oxygen atoms in total. The molecule has 1 aliphatic heterocycles. The number of nitrogens with one attached hydrogen (secondary N) is 2. The lowest BCUT2D eigenvalue weighted by atomic mass is 9.78. The van der Waals surface area contributed by atoms with Gasteiger partial charge in [-0.15, -0.1) is 0 Å². The number of carbonyl (C=O) groups is 3. The molecular weight excluding hydrogens is 450 g/mol. The van der Waals surface area contributed by atoms with E-state index in [1.807, 2.05) is 19.1 Å². The lowest BCUT2D eigenvalue weighted by Gasteiger charge is -2.31. The van der Waals surface area contributed by atoms with Gasteiger partial charge in [0.15, 0.2) is 0 Å². The maximum absolute atomic E-state index is 12.8. The summed E-state index contributed by atoms with van der Waals surface area (Å²) in [4.78, 5) is 37.6. The van der Waals surface area contributed by atoms with Crippen molar-refractivity contribution in [2.24, 2.45) is 5.92 Å². The average Bonchev–Trinajstić information content (AvgIpc) is 2.78. The first-order chi connectivity index (χ1) is 15.3. The van der Waals surface area contributed by atoms with Crippen LogP contribution in [0.5, 0.6) is 0 Å². The average molecular weight is 470 g/mol. The van der Waals surface area contributed by atoms with Gasteiger partial charge in [0, 0.05) is 16.6 Å². The van der Waals surface area contributed by atoms with E-state index >= 15 is 0 Å². The summed E-state index contributed by atoms with van der Waals surface area (Å²) in [6, 6.07) is 16.0. The van der Waals surface area contributed by atoms with Crippen molar-refractivity contribution in [3.63, 3.8) is 0 Å². The fourth-order valence-corrected chi connectivity index (χ4v) is 4.30. The molecule has 32 heavy (non-hydrogen) atoms. The predicted octanol–water partition coefficient (Wildman–Crippen LogP) is 3.76. The van der Waals surface area contributed by atoms with Gasteiger partial charge in [-0.05, 0) is 36.8 Å². The van der Waals surface area contributed by atoms with Gasteiger partial charge in [-0.25, -0.2) is 0 Å². The second kappa shape index (κ2) is 10.4. The number of benzene rings is 2. The van der Waals surface area contributed by atoms with Crippen molar-refractivity contribution < 1.29 is 19.1 Å². The van der Waals surface area contributed by atoms with Crippen LogP contribution in [0.4, 0.5) is 5.69 Å². The number of anilines is 1. The zero-order valence-corrected chi connectivity index (χ0v) is 18.9. The van der Waals surface area contributed by atoms with Gasteiger partial charge in [-0.3, -0.25) is 14.4 Å². The molecule has 1 aliphatic rings. The Kier molecular flexibility index (Phi) is 7.57. The van der Waals surface area contributed by atoms with Crippen LogP contribution >= 0.6 is 23.4 Å². The smallest absolute Gasteiger partial charge is 0.319 e. The molecule has 0 spiro atoms. The quantitative estimate of drug-likeness (QED) is 0.492. The molecule has 0 aromatic heterocycles. The van der Waals surface area contributed by atoms with Gasteiger partial charge in [0.2, 0.25) is 11.8 Å². The highest BCUT2D eigenvalue weighted by atomic mass is 35.5. The van der Waals surface area contributed by atoms with E-state index in [-0.39, 0.29) is 22.3 Å². The Morgan fingerprint density at radius 1 is 1.19 bits per heavy atom. The van der Waals surface area contributed by atoms with Crippen molar-refractivity contribution in [3.05, 3.63) is 75.3 Å². The molecule has 2 aromatic carbocycles. The Morgan fingerprint density at radius 2 is 1.84 bits per heavy atom. The van der Waals surface area contributed by atoms with Gasteiger partial charge < -0.3 is 15.4 Å². The van der Waals surface area contributed by atoms with E-state index in [9.17, 15) is 19.6 Å². The summed E-state index contributed by atoms with van der Waals surface area (Å²) in [6.07, 6.45) is 0. The molecule has 0 bridgehead atoms. The highest BCUT2D eigenvalue weighted by Gasteiger charge is 2.44. The van der Waals surface area contributed by atoms with Crippen LogP contribution in [0.2, 0.25) is 5.02 Å². The van der Waals surface area contributed by atoms with E-state index in [1.54, 1.807) is 36.4 Å². The number of thioether (sulfide) groups is 1. The number of nitriles is 1. The molecule has 0 saturated carbocycles. The summed E-state index contributed by atoms with van der Waals surface area (Å²) in [5, 5.41) is 16.0. The highest BCUT2D eigenvalue weighted by Crippen LogP contribution is 2.40. The number of methoxy groups -OCH3 is 1. The van der Waals surface area contributed by atoms with E-state index in [1.165, 1.54) is 7.11 Å². The van der Waals surface area contributed by atoms with E-state index < -0.39 is 23.7 Å². The summed E-state index contributed by atoms with van der Waals surface area (Å²) < 4.78 is 4.82. The molecule has 1 heterocycles. The number of halogens is 1. The Morgan fingerprint density at radius 3 is 2.44 bits per heavy atom. The number of esters is 1. The van der Waals surface area contributed by atoms with Gasteiger partial charge in [-0.2, -0.15) is 5.26 Å². The normalized spacial score (nSPS) is 17.9. The lowest BCUT2D eigenvalue weighted by molar-refractivity contribution is -0.150. The summed E-state index contributed by atoms with van der Waals surface area (Å²) in [6.45, 7) is 1.91. The third-order valence-electron chi connectivity index (χ3n) is 4.90. The molecule has 2 atom stereocenters. The van der Waals surface area contributed by atoms with E-state index in [4.69, 9.17) is 16.3 Å². The minimum atomic E-state index is -1.20. The molecule has 0 fully saturated rings. The highest BCUT2D eigenvalue weighted by molar-refractivity contribution is 8.03. The first-order valence-electron chi connectivity index (χ1n) is 9.61. The number of amides is 2. The Balaban J connectivity index is 1.87. The second-order valence-electron chi connectivity index (χ2n) is 7.08. The summed E-state index contributed by atoms with van der Waals surface area (Å²) in [7, 11) is 1.20. The fraction of sp³-hybridized carbons (Fsp3) is 0.217. The third kappa shape index (κ3) is 5.31. The Bertz CT molecular complexity index is 1110. The number of allylic oxidation sites excluding steroid dienone is 1. The minimum Gasteiger partial charge on any atom is -0.468 e. The van der Waals surface area contributed by atoms with Crippen LogP contribution in [-0.4, -0.2) is 30.6 Å². The van der Waals surface area contributed by atoms with Gasteiger partial charge in [0.1, 0.15) is 5.92 Å². The number of carbonyl (C=O) groups excluding carboxylic acids is 3. The van der Waals surface area contributed by atoms with Crippen LogP contribution in [0.3, 0.4) is 0 Å². The maximum atomic E-state index is 12.8. The first kappa shape index (κ1) is 23.4. The maximum Gasteiger partial charge on any atom is 0.319 e. The second-order valence-corrected chi connectivity index (χ2v) is 8.50. The molecule has 0 saturated heterocycles. The van der Waals surface area contributed by atoms with Crippen molar-refractivity contribution in [3.8, 4) is 6.07 Å². The standard InChI is InChI=1S/C23H20ClN3O4S/c1-13-3-5-14(6-4-13)19-17(11-25)22(27-21(29)20(19)23(30)31-2)32-12-18(28)26-16-9-7-15(24)8-10-16/h3-10,19-20H,12H2,1-2H3,(H,26,28)(H,27,29)/t19-,20-/m1/s1. The van der Waals surface area contributed by atoms with Crippen LogP contribution in [-0.2, 0) is 19.1 Å². The molecule has 2 amide bonds. The molecule has 2 aromatic rings. The van der Waals surface area contributed by atoms with Gasteiger partial charge in [-0.1, -0.05) is 53.2 Å². The van der Waals surface area contributed by atoms with Gasteiger partial charge >= 0.3 is 5.97 Å². The largest absolute Gasteiger partial charge is 0.468 e. The number of rotatable bonds is 6. The minimum absolute atomic E-state index is 0.0487. The molecule has 0 aliphatic carbocycles. The van der Waals surface area contributed by atoms with E-state index in [2.05, 4.69) is 16.7 Å². The van der Waals surface area contributed by atoms with Crippen molar-refractivity contribution >= 4 is 46.8 Å². The Labute approximate surface area is 194 Å². The Hall–Kier alpha value is -3.28. The van der Waals surface area contributed by atoms with Crippen LogP contribution < -0.4 is 10.6 Å². The molecule has 9 heteroatoms. The van der Waals surface area contributed by atoms with Crippen molar-refractivity contribution in [2.45, 2.75) is 12.8 Å². The third-order valence-corrected chi connectivity index (χ3v) is 6.16. The zero-order valence-electron chi connectivity index (χ0n) is 17.3. The molecule has 3 rings (SSSR count). The van der Waals surface area contributed by atoms with Crippen LogP contribution in [0.1, 0.15) is 17.0 Å². The summed E-state index contributed by atoms with van der Waals surface area (Å²) >= 11 is 6.87. The predicted molar refractivity (Wildman–Crippen MR) is 123 cm³/mol. The van der Waals surface area contributed by atoms with E-state index in [0.29, 0.717) is 16.3 Å². The van der Waals surface area contributed by atoms with Crippen molar-refractivity contribution in [1.29, 1.82) is 5.26 Å². The van der Waals surface area contributed by atoms with Crippen LogP contribution in [0.25, 0.3) is 0 Å². The molecule has 0 unspecified atom stereocenters. The molecule has 2 N–H and O–H groups in total. The van der Waals surface area contributed by atoms with Gasteiger partial charge in [0.05, 0.1) is 29.5 Å². The monoisotopic (exact) mass is 469 g/mol. The number of hydrogen-bond acceptors (Lipinski definition) is 6. The van der Waals surface area contributed by atoms with E-state index in [0.717, 1.165) is 17.3 Å². The molecule has 0 radical (unpaired) electrons. The van der Waals surface area contributed by atoms with Gasteiger partial charge in [0.25, 0.3) is 0 Å². The van der Waals surface area contributed by atoms with Crippen LogP contribution in [0, 0.1) is 24.2 Å². The van der Waals surface area contributed by atoms with Crippen LogP contribution in [0.15, 0.2) is 59.1 Å². The number of nitrogens with zero attached hydrogens (tertiary/aromatic N) is 1. The van der Waals surface area contributed by atoms with Crippen molar-refractivity contribution in [2.75, 3.05) is 18.2 Å². The number of aryl methyl sites for hydroxylation is 1. The zero-order chi connectivity index (χ0) is 23.3. The molecular formula is C23H20ClN3O4S. The topological polar surface area (TPSA) is 108 Å². The summed E-state index contributed by atoms with van der Waals surface area (Å²) in [5.41, 5.74) is 2.42. The SMILES string of the molecule is COC(=O)[C@H]1C(=O)NC(SCC(=O)Nc2ccc(Cl)cc2)=C(C#N)[C@H]1c1ccc(C)cc1. The number of hydrogen-bond donors (Lipinski definition) is 2. The fourth-order valence-electron chi connectivity index (χ4n) is 3.32. The first-order valence-corrected chi connectivity index (χ1v) is 11.0. The lowest BCUT2D eigenvalue weighted by Crippen LogP contribution is -2.44. The summed E-state index contributed by atoms with van der Waals surface area (Å²) in [5.74, 6) is -3.70. The molecule has 164 valence electrons.